The molecule has 4 rings (SSSR count). The van der Waals surface area contributed by atoms with E-state index in [1.54, 1.807) is 6.20 Å². The van der Waals surface area contributed by atoms with Gasteiger partial charge in [0.05, 0.1) is 43.0 Å². The van der Waals surface area contributed by atoms with E-state index in [9.17, 15) is 4.39 Å². The molecule has 0 saturated carbocycles. The Kier molecular flexibility index (Phi) is 6.35. The normalized spacial score (nSPS) is 24.1. The molecule has 2 saturated heterocycles. The van der Waals surface area contributed by atoms with Gasteiger partial charge in [-0.1, -0.05) is 11.6 Å². The molecule has 0 amide bonds. The fraction of sp³-hybridized carbons (Fsp3) is 0.526. The van der Waals surface area contributed by atoms with Crippen LogP contribution in [0.1, 0.15) is 13.3 Å². The molecule has 0 unspecified atom stereocenters. The first kappa shape index (κ1) is 20.8. The molecule has 0 aliphatic carbocycles. The number of nitrogens with zero attached hydrogens (tertiary/aromatic N) is 4. The maximum absolute atomic E-state index is 14.7. The fourth-order valence-electron chi connectivity index (χ4n) is 3.54. The van der Waals surface area contributed by atoms with Crippen LogP contribution < -0.4 is 15.8 Å². The van der Waals surface area contributed by atoms with Crippen molar-refractivity contribution in [2.75, 3.05) is 38.2 Å². The highest BCUT2D eigenvalue weighted by molar-refractivity contribution is 6.69. The van der Waals surface area contributed by atoms with Crippen LogP contribution in [-0.2, 0) is 4.74 Å². The first-order valence-corrected chi connectivity index (χ1v) is 10.3. The van der Waals surface area contributed by atoms with Crippen molar-refractivity contribution in [1.82, 2.24) is 19.9 Å². The lowest BCUT2D eigenvalue weighted by Crippen LogP contribution is -2.55. The number of nitrogens with two attached hydrogens (primary N) is 1. The third-order valence-corrected chi connectivity index (χ3v) is 5.55. The number of nitrogens with one attached hydrogen (secondary N) is 2. The molecule has 0 radical (unpaired) electrons. The predicted molar refractivity (Wildman–Crippen MR) is 114 cm³/mol. The number of anilines is 1. The number of aliphatic imine (C=N–C) groups is 1. The lowest BCUT2D eigenvalue weighted by atomic mass is 10.0. The molecular weight excluding hydrogens is 413 g/mol. The van der Waals surface area contributed by atoms with Gasteiger partial charge in [0, 0.05) is 25.5 Å². The van der Waals surface area contributed by atoms with Crippen LogP contribution in [0.3, 0.4) is 0 Å². The van der Waals surface area contributed by atoms with E-state index in [0.29, 0.717) is 56.1 Å². The largest absolute Gasteiger partial charge is 0.477 e. The van der Waals surface area contributed by atoms with E-state index in [1.165, 1.54) is 6.20 Å². The van der Waals surface area contributed by atoms with Crippen molar-refractivity contribution in [3.63, 3.8) is 0 Å². The second kappa shape index (κ2) is 9.15. The summed E-state index contributed by atoms with van der Waals surface area (Å²) < 4.78 is 25.5. The van der Waals surface area contributed by atoms with Gasteiger partial charge in [0.2, 0.25) is 11.8 Å². The van der Waals surface area contributed by atoms with Gasteiger partial charge in [0.1, 0.15) is 17.0 Å². The molecule has 0 bridgehead atoms. The van der Waals surface area contributed by atoms with Gasteiger partial charge in [-0.25, -0.2) is 4.39 Å². The van der Waals surface area contributed by atoms with Crippen LogP contribution in [0.25, 0.3) is 11.0 Å². The topological polar surface area (TPSA) is 114 Å². The summed E-state index contributed by atoms with van der Waals surface area (Å²) in [5, 5.41) is 3.81. The summed E-state index contributed by atoms with van der Waals surface area (Å²) in [6, 6.07) is 1.61. The van der Waals surface area contributed by atoms with Crippen LogP contribution in [0.15, 0.2) is 29.2 Å². The number of piperidine rings is 1. The smallest absolute Gasteiger partial charge is 0.232 e. The maximum Gasteiger partial charge on any atom is 0.232 e. The molecule has 2 aliphatic heterocycles. The Balaban J connectivity index is 1.46. The predicted octanol–water partition coefficient (Wildman–Crippen LogP) is 2.02. The van der Waals surface area contributed by atoms with Crippen LogP contribution in [0, 0.1) is 0 Å². The second-order valence-electron chi connectivity index (χ2n) is 7.21. The van der Waals surface area contributed by atoms with Crippen LogP contribution in [-0.4, -0.2) is 76.2 Å². The Labute approximate surface area is 178 Å². The van der Waals surface area contributed by atoms with Gasteiger partial charge in [-0.05, 0) is 19.4 Å². The molecule has 0 spiro atoms. The molecule has 162 valence electrons. The fourth-order valence-corrected chi connectivity index (χ4v) is 3.78. The van der Waals surface area contributed by atoms with E-state index in [-0.39, 0.29) is 11.1 Å². The van der Waals surface area contributed by atoms with Crippen molar-refractivity contribution < 1.29 is 13.9 Å². The van der Waals surface area contributed by atoms with Crippen LogP contribution in [0.4, 0.5) is 10.3 Å². The molecule has 2 aliphatic rings. The highest BCUT2D eigenvalue weighted by Gasteiger charge is 2.35. The number of hydrogen-bond donors (Lipinski definition) is 3. The summed E-state index contributed by atoms with van der Waals surface area (Å²) in [6.45, 7) is 4.75. The molecule has 9 nitrogen and oxygen atoms in total. The van der Waals surface area contributed by atoms with Crippen LogP contribution in [0.2, 0.25) is 0 Å². The Morgan fingerprint density at radius 1 is 1.53 bits per heavy atom. The van der Waals surface area contributed by atoms with Gasteiger partial charge >= 0.3 is 0 Å². The Morgan fingerprint density at radius 2 is 2.37 bits per heavy atom. The maximum atomic E-state index is 14.7. The van der Waals surface area contributed by atoms with Gasteiger partial charge < -0.3 is 25.5 Å². The molecule has 0 aromatic carbocycles. The van der Waals surface area contributed by atoms with E-state index in [2.05, 4.69) is 30.2 Å². The molecular formula is C19H25ClFN7O2. The summed E-state index contributed by atoms with van der Waals surface area (Å²) in [6.07, 6.45) is 2.49. The number of aromatic amines is 1. The van der Waals surface area contributed by atoms with E-state index < -0.39 is 12.2 Å². The summed E-state index contributed by atoms with van der Waals surface area (Å²) in [7, 11) is 0. The number of rotatable bonds is 7. The van der Waals surface area contributed by atoms with Gasteiger partial charge in [-0.2, -0.15) is 9.97 Å². The summed E-state index contributed by atoms with van der Waals surface area (Å²) in [5.41, 5.74) is 6.64. The van der Waals surface area contributed by atoms with Gasteiger partial charge in [-0.3, -0.25) is 9.89 Å². The van der Waals surface area contributed by atoms with Crippen molar-refractivity contribution in [3.8, 4) is 5.88 Å². The first-order chi connectivity index (χ1) is 14.6. The number of aromatic nitrogens is 3. The molecule has 30 heavy (non-hydrogen) atoms. The van der Waals surface area contributed by atoms with Crippen LogP contribution >= 0.6 is 11.6 Å². The van der Waals surface area contributed by atoms with E-state index in [0.717, 1.165) is 11.9 Å². The minimum absolute atomic E-state index is 0.0821. The van der Waals surface area contributed by atoms with Crippen molar-refractivity contribution in [1.29, 1.82) is 0 Å². The summed E-state index contributed by atoms with van der Waals surface area (Å²) >= 11 is 6.38. The molecule has 2 atom stereocenters. The van der Waals surface area contributed by atoms with Gasteiger partial charge in [0.15, 0.2) is 0 Å². The average Bonchev–Trinajstić information content (AvgIpc) is 3.16. The van der Waals surface area contributed by atoms with Crippen molar-refractivity contribution >= 4 is 33.8 Å². The second-order valence-corrected chi connectivity index (χ2v) is 7.57. The quantitative estimate of drug-likeness (QED) is 0.568. The molecule has 11 heteroatoms. The number of hydrogen-bond acceptors (Lipinski definition) is 8. The standard InChI is InChI=1S/C19H25ClFN7O2/c1-2-30-18-12-3-5-23-17(12)26-19(27-18)25-15(7-22)16(20)24-14-4-6-28(8-13(14)21)11-9-29-10-11/h3,5,7,11,13-14H,2,4,6,8-10,22H2,1H3,(H2,23,25,26,27)/t13-,14-/m1/s1. The third kappa shape index (κ3) is 4.35. The van der Waals surface area contributed by atoms with Gasteiger partial charge in [-0.15, -0.1) is 0 Å². The minimum atomic E-state index is -1.11. The highest BCUT2D eigenvalue weighted by atomic mass is 35.5. The zero-order chi connectivity index (χ0) is 21.1. The van der Waals surface area contributed by atoms with Crippen molar-refractivity contribution in [3.05, 3.63) is 24.2 Å². The van der Waals surface area contributed by atoms with E-state index in [4.69, 9.17) is 26.8 Å². The Hall–Kier alpha value is -2.43. The average molecular weight is 438 g/mol. The van der Waals surface area contributed by atoms with E-state index in [1.807, 2.05) is 13.0 Å². The highest BCUT2D eigenvalue weighted by Crippen LogP contribution is 2.25. The lowest BCUT2D eigenvalue weighted by molar-refractivity contribution is -0.0801. The number of alkyl halides is 1. The lowest BCUT2D eigenvalue weighted by Gasteiger charge is -2.41. The van der Waals surface area contributed by atoms with Crippen LogP contribution in [0.5, 0.6) is 5.88 Å². The third-order valence-electron chi connectivity index (χ3n) is 5.25. The van der Waals surface area contributed by atoms with Gasteiger partial charge in [0.25, 0.3) is 0 Å². The number of fused-ring (bicyclic) bond motifs is 1. The SMILES string of the molecule is CCOc1nc(NC(=CN)C(Cl)=N[C@@H]2CCN(C3COC3)C[C@H]2F)nc2[nH]ccc12. The molecule has 4 heterocycles. The Morgan fingerprint density at radius 3 is 3.03 bits per heavy atom. The van der Waals surface area contributed by atoms with E-state index >= 15 is 0 Å². The first-order valence-electron chi connectivity index (χ1n) is 9.95. The molecule has 2 fully saturated rings. The summed E-state index contributed by atoms with van der Waals surface area (Å²) in [5.74, 6) is 0.682. The number of halogens is 2. The Bertz CT molecular complexity index is 946. The number of allylic oxidation sites excluding steroid dienone is 1. The zero-order valence-corrected chi connectivity index (χ0v) is 17.4. The monoisotopic (exact) mass is 437 g/mol. The molecule has 2 aromatic heterocycles. The van der Waals surface area contributed by atoms with Crippen molar-refractivity contribution in [2.45, 2.75) is 31.6 Å². The minimum Gasteiger partial charge on any atom is -0.477 e. The van der Waals surface area contributed by atoms with Crippen molar-refractivity contribution in [2.24, 2.45) is 10.7 Å². The molecule has 2 aromatic rings. The number of ether oxygens (including phenoxy) is 2. The zero-order valence-electron chi connectivity index (χ0n) is 16.6. The number of H-pyrrole nitrogens is 1. The number of likely N-dealkylation sites (tertiary alicyclic amines) is 1. The molecule has 4 N–H and O–H groups in total. The summed E-state index contributed by atoms with van der Waals surface area (Å²) in [4.78, 5) is 18.3.